The summed E-state index contributed by atoms with van der Waals surface area (Å²) in [4.78, 5) is 4.31. The van der Waals surface area contributed by atoms with Gasteiger partial charge in [-0.25, -0.2) is 4.39 Å². The van der Waals surface area contributed by atoms with Crippen molar-refractivity contribution in [3.05, 3.63) is 72.5 Å². The van der Waals surface area contributed by atoms with Gasteiger partial charge in [-0.2, -0.15) is 0 Å². The molecule has 2 heterocycles. The van der Waals surface area contributed by atoms with Gasteiger partial charge in [0.2, 0.25) is 12.3 Å². The number of ether oxygens (including phenoxy) is 1. The van der Waals surface area contributed by atoms with E-state index in [-0.39, 0.29) is 12.4 Å². The van der Waals surface area contributed by atoms with Gasteiger partial charge in [0.05, 0.1) is 5.52 Å². The number of benzene rings is 2. The molecule has 0 aliphatic heterocycles. The highest BCUT2D eigenvalue weighted by Gasteiger charge is 2.08. The summed E-state index contributed by atoms with van der Waals surface area (Å²) in [7, 11) is 0. The number of aromatic nitrogens is 3. The summed E-state index contributed by atoms with van der Waals surface area (Å²) < 4.78 is 24.7. The molecule has 6 heteroatoms. The highest BCUT2D eigenvalue weighted by molar-refractivity contribution is 5.81. The second kappa shape index (κ2) is 6.08. The molecule has 0 N–H and O–H groups in total. The van der Waals surface area contributed by atoms with Crippen molar-refractivity contribution < 1.29 is 13.5 Å². The van der Waals surface area contributed by atoms with E-state index in [9.17, 15) is 4.39 Å². The van der Waals surface area contributed by atoms with Gasteiger partial charge in [0.15, 0.2) is 0 Å². The third-order valence-corrected chi connectivity index (χ3v) is 3.58. The summed E-state index contributed by atoms with van der Waals surface area (Å²) >= 11 is 0. The molecule has 2 aromatic heterocycles. The fourth-order valence-electron chi connectivity index (χ4n) is 2.52. The third kappa shape index (κ3) is 2.81. The van der Waals surface area contributed by atoms with Crippen molar-refractivity contribution >= 4 is 10.9 Å². The minimum atomic E-state index is -0.311. The Bertz CT molecular complexity index is 987. The zero-order chi connectivity index (χ0) is 16.4. The number of hydrogen-bond donors (Lipinski definition) is 0. The molecule has 0 amide bonds. The average molecular weight is 321 g/mol. The van der Waals surface area contributed by atoms with Gasteiger partial charge in [0.1, 0.15) is 18.2 Å². The second-order valence-corrected chi connectivity index (χ2v) is 5.20. The maximum atomic E-state index is 13.8. The summed E-state index contributed by atoms with van der Waals surface area (Å²) in [5.41, 5.74) is 2.17. The minimum Gasteiger partial charge on any atom is -0.489 e. The van der Waals surface area contributed by atoms with E-state index in [0.717, 1.165) is 16.5 Å². The first-order chi connectivity index (χ1) is 11.8. The van der Waals surface area contributed by atoms with E-state index in [1.54, 1.807) is 18.3 Å². The third-order valence-electron chi connectivity index (χ3n) is 3.58. The van der Waals surface area contributed by atoms with Crippen LogP contribution in [0.1, 0.15) is 5.56 Å². The molecule has 0 spiro atoms. The smallest absolute Gasteiger partial charge is 0.247 e. The summed E-state index contributed by atoms with van der Waals surface area (Å²) in [6, 6.07) is 13.8. The van der Waals surface area contributed by atoms with E-state index in [1.165, 1.54) is 18.5 Å². The molecule has 118 valence electrons. The minimum absolute atomic E-state index is 0.207. The largest absolute Gasteiger partial charge is 0.489 e. The van der Waals surface area contributed by atoms with Crippen LogP contribution in [0.4, 0.5) is 4.39 Å². The van der Waals surface area contributed by atoms with Gasteiger partial charge in [-0.1, -0.05) is 12.1 Å². The van der Waals surface area contributed by atoms with E-state index < -0.39 is 0 Å². The van der Waals surface area contributed by atoms with Gasteiger partial charge < -0.3 is 9.15 Å². The van der Waals surface area contributed by atoms with E-state index in [1.807, 2.05) is 24.3 Å². The van der Waals surface area contributed by atoms with Crippen molar-refractivity contribution in [3.63, 3.8) is 0 Å². The maximum Gasteiger partial charge on any atom is 0.247 e. The van der Waals surface area contributed by atoms with Crippen LogP contribution < -0.4 is 4.74 Å². The molecule has 0 fully saturated rings. The monoisotopic (exact) mass is 321 g/mol. The fourth-order valence-corrected chi connectivity index (χ4v) is 2.52. The number of hydrogen-bond acceptors (Lipinski definition) is 5. The van der Waals surface area contributed by atoms with Crippen LogP contribution in [0.25, 0.3) is 22.4 Å². The van der Waals surface area contributed by atoms with Gasteiger partial charge in [0.25, 0.3) is 0 Å². The molecular weight excluding hydrogens is 309 g/mol. The van der Waals surface area contributed by atoms with E-state index >= 15 is 0 Å². The first-order valence-electron chi connectivity index (χ1n) is 7.32. The molecule has 4 rings (SSSR count). The predicted octanol–water partition coefficient (Wildman–Crippen LogP) is 4.00. The number of nitrogens with zero attached hydrogens (tertiary/aromatic N) is 3. The molecule has 2 aromatic carbocycles. The first-order valence-corrected chi connectivity index (χ1v) is 7.32. The molecule has 0 saturated carbocycles. The van der Waals surface area contributed by atoms with Crippen molar-refractivity contribution in [2.45, 2.75) is 6.61 Å². The SMILES string of the molecule is Fc1cc(COc2cccc(-c3nnco3)c2)c2ncccc2c1. The molecule has 5 nitrogen and oxygen atoms in total. The lowest BCUT2D eigenvalue weighted by atomic mass is 10.1. The van der Waals surface area contributed by atoms with E-state index in [4.69, 9.17) is 9.15 Å². The van der Waals surface area contributed by atoms with Gasteiger partial charge >= 0.3 is 0 Å². The Hall–Kier alpha value is -3.28. The summed E-state index contributed by atoms with van der Waals surface area (Å²) in [5.74, 6) is 0.728. The Morgan fingerprint density at radius 3 is 2.92 bits per heavy atom. The van der Waals surface area contributed by atoms with E-state index in [0.29, 0.717) is 17.2 Å². The molecule has 0 atom stereocenters. The molecule has 24 heavy (non-hydrogen) atoms. The molecule has 0 aliphatic rings. The average Bonchev–Trinajstić information content (AvgIpc) is 3.14. The second-order valence-electron chi connectivity index (χ2n) is 5.20. The van der Waals surface area contributed by atoms with Crippen molar-refractivity contribution in [1.82, 2.24) is 15.2 Å². The van der Waals surface area contributed by atoms with Crippen LogP contribution in [-0.4, -0.2) is 15.2 Å². The molecule has 0 aliphatic carbocycles. The van der Waals surface area contributed by atoms with E-state index in [2.05, 4.69) is 15.2 Å². The van der Waals surface area contributed by atoms with Crippen molar-refractivity contribution in [1.29, 1.82) is 0 Å². The zero-order valence-electron chi connectivity index (χ0n) is 12.5. The summed E-state index contributed by atoms with van der Waals surface area (Å²) in [6.45, 7) is 0.207. The highest BCUT2D eigenvalue weighted by atomic mass is 19.1. The van der Waals surface area contributed by atoms with Crippen LogP contribution in [0.5, 0.6) is 5.75 Å². The topological polar surface area (TPSA) is 61.0 Å². The van der Waals surface area contributed by atoms with Crippen LogP contribution >= 0.6 is 0 Å². The fraction of sp³-hybridized carbons (Fsp3) is 0.0556. The Labute approximate surface area is 136 Å². The lowest BCUT2D eigenvalue weighted by Gasteiger charge is -2.09. The van der Waals surface area contributed by atoms with Crippen molar-refractivity contribution in [3.8, 4) is 17.2 Å². The predicted molar refractivity (Wildman–Crippen MR) is 85.8 cm³/mol. The highest BCUT2D eigenvalue weighted by Crippen LogP contribution is 2.24. The number of halogens is 1. The Kier molecular flexibility index (Phi) is 3.63. The standard InChI is InChI=1S/C18H12FN3O2/c19-15-7-12-4-2-6-20-17(12)14(8-15)10-23-16-5-1-3-13(9-16)18-22-21-11-24-18/h1-9,11H,10H2. The quantitative estimate of drug-likeness (QED) is 0.568. The lowest BCUT2D eigenvalue weighted by Crippen LogP contribution is -1.99. The van der Waals surface area contributed by atoms with Crippen LogP contribution in [-0.2, 0) is 6.61 Å². The Morgan fingerprint density at radius 1 is 1.08 bits per heavy atom. The van der Waals surface area contributed by atoms with Gasteiger partial charge in [0, 0.05) is 22.7 Å². The van der Waals surface area contributed by atoms with Crippen molar-refractivity contribution in [2.75, 3.05) is 0 Å². The van der Waals surface area contributed by atoms with Gasteiger partial charge in [-0.3, -0.25) is 4.98 Å². The maximum absolute atomic E-state index is 13.8. The van der Waals surface area contributed by atoms with Crippen LogP contribution in [0.15, 0.2) is 65.5 Å². The first kappa shape index (κ1) is 14.3. The number of rotatable bonds is 4. The Balaban J connectivity index is 1.61. The number of fused-ring (bicyclic) bond motifs is 1. The van der Waals surface area contributed by atoms with Gasteiger partial charge in [-0.15, -0.1) is 10.2 Å². The Morgan fingerprint density at radius 2 is 2.04 bits per heavy atom. The molecule has 0 radical (unpaired) electrons. The normalized spacial score (nSPS) is 10.9. The number of pyridine rings is 1. The molecule has 4 aromatic rings. The van der Waals surface area contributed by atoms with Crippen LogP contribution in [0.3, 0.4) is 0 Å². The van der Waals surface area contributed by atoms with Gasteiger partial charge in [-0.05, 0) is 36.4 Å². The zero-order valence-corrected chi connectivity index (χ0v) is 12.5. The summed E-state index contributed by atoms with van der Waals surface area (Å²) in [6.07, 6.45) is 2.95. The molecular formula is C18H12FN3O2. The van der Waals surface area contributed by atoms with Crippen LogP contribution in [0.2, 0.25) is 0 Å². The van der Waals surface area contributed by atoms with Crippen LogP contribution in [0, 0.1) is 5.82 Å². The van der Waals surface area contributed by atoms with Crippen molar-refractivity contribution in [2.24, 2.45) is 0 Å². The summed E-state index contributed by atoms with van der Waals surface area (Å²) in [5, 5.41) is 8.27. The molecule has 0 bridgehead atoms. The molecule has 0 unspecified atom stereocenters. The molecule has 0 saturated heterocycles. The lowest BCUT2D eigenvalue weighted by molar-refractivity contribution is 0.307.